The number of carbonyl (C=O) groups excluding carboxylic acids is 2. The molecule has 1 heterocycles. The maximum absolute atomic E-state index is 14.7. The van der Waals surface area contributed by atoms with Crippen LogP contribution in [0.15, 0.2) is 66.9 Å². The summed E-state index contributed by atoms with van der Waals surface area (Å²) in [5.41, 5.74) is 4.78. The average Bonchev–Trinajstić information content (AvgIpc) is 3.31. The third-order valence-corrected chi connectivity index (χ3v) is 7.76. The fourth-order valence-corrected chi connectivity index (χ4v) is 5.54. The predicted molar refractivity (Wildman–Crippen MR) is 155 cm³/mol. The second-order valence-corrected chi connectivity index (χ2v) is 10.7. The standard InChI is InChI=1S/C32H31ClFN3O2/c1-21(38)8-9-22-14-28(34)18-29(15-22)37(32(39)23-6-4-3-5-7-23)20-26-11-10-25(17-30(26)33)24-12-13-31-27(16-24)19-35-36(31)2/h8-19,23H,3-7,20H2,1-2H3/b9-8+. The number of ketones is 1. The molecule has 0 atom stereocenters. The molecule has 5 nitrogen and oxygen atoms in total. The molecule has 0 radical (unpaired) electrons. The van der Waals surface area contributed by atoms with Crippen LogP contribution in [-0.4, -0.2) is 21.5 Å². The van der Waals surface area contributed by atoms with Crippen LogP contribution in [0.5, 0.6) is 0 Å². The largest absolute Gasteiger partial charge is 0.308 e. The topological polar surface area (TPSA) is 55.2 Å². The summed E-state index contributed by atoms with van der Waals surface area (Å²) in [7, 11) is 1.91. The van der Waals surface area contributed by atoms with Crippen LogP contribution in [0.25, 0.3) is 28.1 Å². The Morgan fingerprint density at radius 3 is 2.54 bits per heavy atom. The lowest BCUT2D eigenvalue weighted by Gasteiger charge is -2.30. The summed E-state index contributed by atoms with van der Waals surface area (Å²) in [6.07, 6.45) is 9.59. The van der Waals surface area contributed by atoms with Gasteiger partial charge in [-0.3, -0.25) is 14.3 Å². The van der Waals surface area contributed by atoms with E-state index in [0.717, 1.165) is 59.7 Å². The molecule has 0 unspecified atom stereocenters. The Hall–Kier alpha value is -3.77. The number of anilines is 1. The highest BCUT2D eigenvalue weighted by Gasteiger charge is 2.28. The molecule has 3 aromatic carbocycles. The number of hydrogen-bond acceptors (Lipinski definition) is 3. The normalized spacial score (nSPS) is 14.3. The molecule has 4 aromatic rings. The van der Waals surface area contributed by atoms with Crippen molar-refractivity contribution in [1.82, 2.24) is 9.78 Å². The predicted octanol–water partition coefficient (Wildman–Crippen LogP) is 7.75. The summed E-state index contributed by atoms with van der Waals surface area (Å²) in [4.78, 5) is 26.9. The first-order valence-electron chi connectivity index (χ1n) is 13.3. The van der Waals surface area contributed by atoms with Crippen LogP contribution < -0.4 is 4.90 Å². The molecule has 0 bridgehead atoms. The van der Waals surface area contributed by atoms with Gasteiger partial charge in [-0.15, -0.1) is 0 Å². The minimum absolute atomic E-state index is 0.0241. The maximum Gasteiger partial charge on any atom is 0.230 e. The van der Waals surface area contributed by atoms with Crippen molar-refractivity contribution in [3.05, 3.63) is 88.8 Å². The average molecular weight is 544 g/mol. The minimum Gasteiger partial charge on any atom is -0.308 e. The molecule has 1 saturated carbocycles. The number of amides is 1. The van der Waals surface area contributed by atoms with Crippen LogP contribution in [0.1, 0.15) is 50.2 Å². The molecule has 0 N–H and O–H groups in total. The van der Waals surface area contributed by atoms with Crippen molar-refractivity contribution in [2.45, 2.75) is 45.6 Å². The van der Waals surface area contributed by atoms with Gasteiger partial charge in [0.25, 0.3) is 0 Å². The third-order valence-electron chi connectivity index (χ3n) is 7.41. The number of fused-ring (bicyclic) bond motifs is 1. The summed E-state index contributed by atoms with van der Waals surface area (Å²) < 4.78 is 16.5. The third kappa shape index (κ3) is 6.12. The molecule has 0 spiro atoms. The number of benzene rings is 3. The van der Waals surface area contributed by atoms with E-state index in [4.69, 9.17) is 11.6 Å². The Bertz CT molecular complexity index is 1570. The molecule has 7 heteroatoms. The van der Waals surface area contributed by atoms with Crippen LogP contribution >= 0.6 is 11.6 Å². The number of allylic oxidation sites excluding steroid dienone is 1. The molecular formula is C32H31ClFN3O2. The van der Waals surface area contributed by atoms with Gasteiger partial charge in [0.1, 0.15) is 5.82 Å². The van der Waals surface area contributed by atoms with Gasteiger partial charge in [0.05, 0.1) is 18.3 Å². The molecule has 1 aromatic heterocycles. The molecule has 5 rings (SSSR count). The first-order valence-corrected chi connectivity index (χ1v) is 13.7. The summed E-state index contributed by atoms with van der Waals surface area (Å²) in [6.45, 7) is 1.66. The lowest BCUT2D eigenvalue weighted by Crippen LogP contribution is -2.37. The van der Waals surface area contributed by atoms with E-state index in [0.29, 0.717) is 16.3 Å². The molecule has 1 aliphatic rings. The van der Waals surface area contributed by atoms with E-state index in [1.807, 2.05) is 48.3 Å². The fraction of sp³-hybridized carbons (Fsp3) is 0.281. The molecule has 1 amide bonds. The minimum atomic E-state index is -0.468. The van der Waals surface area contributed by atoms with Crippen LogP contribution in [0.2, 0.25) is 5.02 Å². The van der Waals surface area contributed by atoms with Gasteiger partial charge in [0.2, 0.25) is 5.91 Å². The first kappa shape index (κ1) is 26.8. The molecule has 39 heavy (non-hydrogen) atoms. The van der Waals surface area contributed by atoms with E-state index in [2.05, 4.69) is 11.2 Å². The number of aromatic nitrogens is 2. The van der Waals surface area contributed by atoms with Gasteiger partial charge in [-0.05, 0) is 84.5 Å². The highest BCUT2D eigenvalue weighted by atomic mass is 35.5. The zero-order valence-corrected chi connectivity index (χ0v) is 22.9. The van der Waals surface area contributed by atoms with Crippen molar-refractivity contribution >= 4 is 46.0 Å². The van der Waals surface area contributed by atoms with Gasteiger partial charge < -0.3 is 4.90 Å². The first-order chi connectivity index (χ1) is 18.8. The maximum atomic E-state index is 14.7. The van der Waals surface area contributed by atoms with E-state index < -0.39 is 5.82 Å². The quantitative estimate of drug-likeness (QED) is 0.224. The second-order valence-electron chi connectivity index (χ2n) is 10.3. The Kier molecular flexibility index (Phi) is 7.94. The SMILES string of the molecule is CC(=O)/C=C/c1cc(F)cc(N(Cc2ccc(-c3ccc4c(cnn4C)c3)cc2Cl)C(=O)C2CCCCC2)c1. The van der Waals surface area contributed by atoms with Crippen molar-refractivity contribution in [2.75, 3.05) is 4.90 Å². The van der Waals surface area contributed by atoms with Gasteiger partial charge in [0, 0.05) is 29.1 Å². The van der Waals surface area contributed by atoms with Crippen molar-refractivity contribution in [3.8, 4) is 11.1 Å². The highest BCUT2D eigenvalue weighted by molar-refractivity contribution is 6.31. The molecule has 200 valence electrons. The molecule has 0 aliphatic heterocycles. The zero-order valence-electron chi connectivity index (χ0n) is 22.2. The molecule has 1 fully saturated rings. The molecule has 0 saturated heterocycles. The van der Waals surface area contributed by atoms with Crippen LogP contribution in [-0.2, 0) is 23.2 Å². The number of rotatable bonds is 7. The summed E-state index contributed by atoms with van der Waals surface area (Å²) in [5, 5.41) is 5.89. The zero-order chi connectivity index (χ0) is 27.5. The van der Waals surface area contributed by atoms with Gasteiger partial charge in [-0.1, -0.05) is 55.1 Å². The fourth-order valence-electron chi connectivity index (χ4n) is 5.30. The monoisotopic (exact) mass is 543 g/mol. The lowest BCUT2D eigenvalue weighted by molar-refractivity contribution is -0.123. The van der Waals surface area contributed by atoms with Crippen LogP contribution in [0.4, 0.5) is 10.1 Å². The van der Waals surface area contributed by atoms with Gasteiger partial charge in [0.15, 0.2) is 5.78 Å². The molecular weight excluding hydrogens is 513 g/mol. The number of carbonyl (C=O) groups is 2. The summed E-state index contributed by atoms with van der Waals surface area (Å²) >= 11 is 6.79. The van der Waals surface area contributed by atoms with Crippen LogP contribution in [0.3, 0.4) is 0 Å². The van der Waals surface area contributed by atoms with E-state index >= 15 is 0 Å². The Balaban J connectivity index is 1.48. The van der Waals surface area contributed by atoms with Crippen molar-refractivity contribution in [3.63, 3.8) is 0 Å². The Morgan fingerprint density at radius 2 is 1.79 bits per heavy atom. The number of aryl methyl sites for hydroxylation is 1. The van der Waals surface area contributed by atoms with E-state index in [1.165, 1.54) is 25.1 Å². The van der Waals surface area contributed by atoms with Gasteiger partial charge in [-0.25, -0.2) is 4.39 Å². The van der Waals surface area contributed by atoms with Crippen LogP contribution in [0, 0.1) is 11.7 Å². The van der Waals surface area contributed by atoms with Crippen molar-refractivity contribution in [1.29, 1.82) is 0 Å². The summed E-state index contributed by atoms with van der Waals surface area (Å²) in [5.74, 6) is -0.735. The summed E-state index contributed by atoms with van der Waals surface area (Å²) in [6, 6.07) is 16.5. The van der Waals surface area contributed by atoms with Crippen molar-refractivity contribution in [2.24, 2.45) is 13.0 Å². The number of halogens is 2. The number of nitrogens with zero attached hydrogens (tertiary/aromatic N) is 3. The lowest BCUT2D eigenvalue weighted by atomic mass is 9.88. The Morgan fingerprint density at radius 1 is 1.05 bits per heavy atom. The molecule has 1 aliphatic carbocycles. The number of hydrogen-bond donors (Lipinski definition) is 0. The smallest absolute Gasteiger partial charge is 0.230 e. The Labute approximate surface area is 232 Å². The van der Waals surface area contributed by atoms with Gasteiger partial charge >= 0.3 is 0 Å². The second kappa shape index (κ2) is 11.5. The van der Waals surface area contributed by atoms with Crippen molar-refractivity contribution < 1.29 is 14.0 Å². The van der Waals surface area contributed by atoms with E-state index in [9.17, 15) is 14.0 Å². The highest BCUT2D eigenvalue weighted by Crippen LogP contribution is 2.33. The van der Waals surface area contributed by atoms with E-state index in [-0.39, 0.29) is 24.2 Å². The van der Waals surface area contributed by atoms with Gasteiger partial charge in [-0.2, -0.15) is 5.10 Å². The van der Waals surface area contributed by atoms with E-state index in [1.54, 1.807) is 17.0 Å².